The summed E-state index contributed by atoms with van der Waals surface area (Å²) in [4.78, 5) is 12.4. The summed E-state index contributed by atoms with van der Waals surface area (Å²) in [5, 5.41) is 29.0. The normalized spacial score (nSPS) is 13.7. The molecule has 0 aliphatic heterocycles. The minimum Gasteiger partial charge on any atom is -0.497 e. The first-order chi connectivity index (χ1) is 16.8. The third kappa shape index (κ3) is 4.98. The number of rotatable bonds is 8. The number of ether oxygens (including phenoxy) is 2. The lowest BCUT2D eigenvalue weighted by Gasteiger charge is -2.14. The van der Waals surface area contributed by atoms with E-state index in [2.05, 4.69) is 15.5 Å². The minimum atomic E-state index is -1.77. The van der Waals surface area contributed by atoms with E-state index in [1.54, 1.807) is 30.5 Å². The summed E-state index contributed by atoms with van der Waals surface area (Å²) in [5.41, 5.74) is 5.59. The molecule has 2 aromatic carbocycles. The van der Waals surface area contributed by atoms with Crippen LogP contribution in [-0.4, -0.2) is 54.0 Å². The number of aromatic amines is 1. The predicted molar refractivity (Wildman–Crippen MR) is 132 cm³/mol. The number of methoxy groups -OCH3 is 2. The average molecular weight is 477 g/mol. The molecule has 180 valence electrons. The SMILES string of the molecule is COc1cc(C=C2C(C)=C(CNC(=O)Cc3ccn[nH]3)c3cc(F)ccc32)cc(OC)c1B(O)O. The second kappa shape index (κ2) is 10.2. The molecule has 1 aliphatic rings. The van der Waals surface area contributed by atoms with Crippen molar-refractivity contribution in [2.24, 2.45) is 0 Å². The molecule has 3 aromatic rings. The monoisotopic (exact) mass is 477 g/mol. The second-order valence-electron chi connectivity index (χ2n) is 8.10. The van der Waals surface area contributed by atoms with Crippen molar-refractivity contribution in [2.45, 2.75) is 13.3 Å². The summed E-state index contributed by atoms with van der Waals surface area (Å²) in [7, 11) is 1.09. The van der Waals surface area contributed by atoms with Crippen molar-refractivity contribution in [1.82, 2.24) is 15.5 Å². The molecule has 0 atom stereocenters. The molecule has 0 saturated heterocycles. The van der Waals surface area contributed by atoms with Crippen molar-refractivity contribution in [3.05, 3.63) is 76.4 Å². The van der Waals surface area contributed by atoms with E-state index in [-0.39, 0.29) is 41.7 Å². The number of benzene rings is 2. The Kier molecular flexibility index (Phi) is 7.04. The Labute approximate surface area is 202 Å². The maximum absolute atomic E-state index is 14.2. The average Bonchev–Trinajstić information content (AvgIpc) is 3.43. The van der Waals surface area contributed by atoms with Gasteiger partial charge < -0.3 is 24.8 Å². The van der Waals surface area contributed by atoms with Gasteiger partial charge in [-0.15, -0.1) is 0 Å². The highest BCUT2D eigenvalue weighted by Gasteiger charge is 2.26. The zero-order chi connectivity index (χ0) is 25.1. The Morgan fingerprint density at radius 3 is 2.46 bits per heavy atom. The summed E-state index contributed by atoms with van der Waals surface area (Å²) in [5.74, 6) is -0.0332. The summed E-state index contributed by atoms with van der Waals surface area (Å²) in [6.07, 6.45) is 3.64. The molecule has 1 heterocycles. The van der Waals surface area contributed by atoms with Gasteiger partial charge >= 0.3 is 7.12 Å². The molecule has 0 spiro atoms. The molecule has 1 aliphatic carbocycles. The Bertz CT molecular complexity index is 1290. The summed E-state index contributed by atoms with van der Waals surface area (Å²) in [6, 6.07) is 9.64. The smallest absolute Gasteiger partial charge is 0.496 e. The van der Waals surface area contributed by atoms with Crippen LogP contribution in [0.3, 0.4) is 0 Å². The summed E-state index contributed by atoms with van der Waals surface area (Å²) in [6.45, 7) is 2.15. The lowest BCUT2D eigenvalue weighted by Crippen LogP contribution is -2.32. The first-order valence-electron chi connectivity index (χ1n) is 10.9. The van der Waals surface area contributed by atoms with E-state index in [0.29, 0.717) is 16.8 Å². The van der Waals surface area contributed by atoms with Gasteiger partial charge in [-0.05, 0) is 76.7 Å². The number of H-pyrrole nitrogens is 1. The van der Waals surface area contributed by atoms with Gasteiger partial charge in [0.1, 0.15) is 17.3 Å². The number of hydrogen-bond acceptors (Lipinski definition) is 6. The van der Waals surface area contributed by atoms with Crippen LogP contribution in [0.5, 0.6) is 11.5 Å². The lowest BCUT2D eigenvalue weighted by molar-refractivity contribution is -0.120. The third-order valence-electron chi connectivity index (χ3n) is 5.96. The number of allylic oxidation sites excluding steroid dienone is 2. The molecule has 8 nitrogen and oxygen atoms in total. The van der Waals surface area contributed by atoms with Crippen LogP contribution in [0.15, 0.2) is 48.2 Å². The quantitative estimate of drug-likeness (QED) is 0.369. The van der Waals surface area contributed by atoms with E-state index in [4.69, 9.17) is 9.47 Å². The number of nitrogens with one attached hydrogen (secondary N) is 2. The highest BCUT2D eigenvalue weighted by Crippen LogP contribution is 2.42. The first kappa shape index (κ1) is 24.2. The van der Waals surface area contributed by atoms with Gasteiger partial charge in [0.2, 0.25) is 5.91 Å². The van der Waals surface area contributed by atoms with Crippen molar-refractivity contribution in [3.63, 3.8) is 0 Å². The summed E-state index contributed by atoms with van der Waals surface area (Å²) < 4.78 is 24.9. The Morgan fingerprint density at radius 1 is 1.14 bits per heavy atom. The molecule has 0 unspecified atom stereocenters. The van der Waals surface area contributed by atoms with Gasteiger partial charge in [-0.2, -0.15) is 5.10 Å². The fraction of sp³-hybridized carbons (Fsp3) is 0.200. The number of fused-ring (bicyclic) bond motifs is 1. The lowest BCUT2D eigenvalue weighted by atomic mass is 9.78. The molecule has 4 rings (SSSR count). The number of aromatic nitrogens is 2. The standard InChI is InChI=1S/C25H25BFN3O5/c1-14-19(8-15-9-22(34-2)25(26(32)33)23(10-15)35-3)18-5-4-16(27)11-20(18)21(14)13-28-24(31)12-17-6-7-29-30-17/h4-11,32-33H,12-13H2,1-3H3,(H,28,31)(H,29,30). The van der Waals surface area contributed by atoms with E-state index >= 15 is 0 Å². The van der Waals surface area contributed by atoms with Crippen molar-refractivity contribution in [3.8, 4) is 11.5 Å². The van der Waals surface area contributed by atoms with Crippen molar-refractivity contribution in [1.29, 1.82) is 0 Å². The van der Waals surface area contributed by atoms with Crippen LogP contribution in [0.2, 0.25) is 0 Å². The Morgan fingerprint density at radius 2 is 1.86 bits per heavy atom. The minimum absolute atomic E-state index is 0.124. The molecule has 0 fully saturated rings. The van der Waals surface area contributed by atoms with Gasteiger partial charge in [-0.25, -0.2) is 4.39 Å². The van der Waals surface area contributed by atoms with Gasteiger partial charge in [-0.3, -0.25) is 9.89 Å². The maximum atomic E-state index is 14.2. The maximum Gasteiger partial charge on any atom is 0.496 e. The van der Waals surface area contributed by atoms with Crippen molar-refractivity contribution < 1.29 is 28.7 Å². The highest BCUT2D eigenvalue weighted by atomic mass is 19.1. The van der Waals surface area contributed by atoms with Crippen LogP contribution >= 0.6 is 0 Å². The zero-order valence-corrected chi connectivity index (χ0v) is 19.6. The molecule has 4 N–H and O–H groups in total. The van der Waals surface area contributed by atoms with Crippen LogP contribution in [0.1, 0.15) is 29.3 Å². The fourth-order valence-electron chi connectivity index (χ4n) is 4.25. The van der Waals surface area contributed by atoms with Crippen LogP contribution in [0.4, 0.5) is 4.39 Å². The van der Waals surface area contributed by atoms with E-state index in [9.17, 15) is 19.2 Å². The zero-order valence-electron chi connectivity index (χ0n) is 19.6. The molecular weight excluding hydrogens is 452 g/mol. The Hall–Kier alpha value is -3.89. The number of carbonyl (C=O) groups excluding carboxylic acids is 1. The second-order valence-corrected chi connectivity index (χ2v) is 8.10. The van der Waals surface area contributed by atoms with Crippen LogP contribution < -0.4 is 20.3 Å². The van der Waals surface area contributed by atoms with Gasteiger partial charge in [0.25, 0.3) is 0 Å². The molecule has 0 bridgehead atoms. The van der Waals surface area contributed by atoms with Crippen molar-refractivity contribution >= 4 is 35.7 Å². The first-order valence-corrected chi connectivity index (χ1v) is 10.9. The Balaban J connectivity index is 1.71. The molecule has 10 heteroatoms. The van der Waals surface area contributed by atoms with Crippen LogP contribution in [0.25, 0.3) is 17.2 Å². The number of nitrogens with zero attached hydrogens (tertiary/aromatic N) is 1. The largest absolute Gasteiger partial charge is 0.497 e. The molecule has 0 radical (unpaired) electrons. The van der Waals surface area contributed by atoms with Crippen LogP contribution in [0, 0.1) is 5.82 Å². The molecule has 1 amide bonds. The number of carbonyl (C=O) groups is 1. The third-order valence-corrected chi connectivity index (χ3v) is 5.96. The molecule has 35 heavy (non-hydrogen) atoms. The molecular formula is C25H25BFN3O5. The van der Waals surface area contributed by atoms with Crippen LogP contribution in [-0.2, 0) is 11.2 Å². The van der Waals surface area contributed by atoms with E-state index < -0.39 is 7.12 Å². The van der Waals surface area contributed by atoms with E-state index in [1.165, 1.54) is 26.4 Å². The number of hydrogen-bond donors (Lipinski definition) is 4. The number of amides is 1. The van der Waals surface area contributed by atoms with E-state index in [1.807, 2.05) is 13.0 Å². The summed E-state index contributed by atoms with van der Waals surface area (Å²) >= 11 is 0. The molecule has 1 aromatic heterocycles. The predicted octanol–water partition coefficient (Wildman–Crippen LogP) is 1.93. The highest BCUT2D eigenvalue weighted by molar-refractivity contribution is 6.61. The van der Waals surface area contributed by atoms with E-state index in [0.717, 1.165) is 22.3 Å². The fourth-order valence-corrected chi connectivity index (χ4v) is 4.25. The van der Waals surface area contributed by atoms with Gasteiger partial charge in [0.15, 0.2) is 0 Å². The number of halogens is 1. The van der Waals surface area contributed by atoms with Gasteiger partial charge in [-0.1, -0.05) is 6.07 Å². The van der Waals surface area contributed by atoms with Crippen molar-refractivity contribution in [2.75, 3.05) is 20.8 Å². The topological polar surface area (TPSA) is 117 Å². The van der Waals surface area contributed by atoms with Gasteiger partial charge in [0, 0.05) is 18.4 Å². The molecule has 0 saturated carbocycles. The van der Waals surface area contributed by atoms with Gasteiger partial charge in [0.05, 0.1) is 26.1 Å².